The highest BCUT2D eigenvalue weighted by molar-refractivity contribution is 5.85. The zero-order valence-corrected chi connectivity index (χ0v) is 17.5. The van der Waals surface area contributed by atoms with Gasteiger partial charge in [-0.15, -0.1) is 0 Å². The fourth-order valence-corrected chi connectivity index (χ4v) is 4.06. The Kier molecular flexibility index (Phi) is 6.27. The highest BCUT2D eigenvalue weighted by atomic mass is 19.1. The highest BCUT2D eigenvalue weighted by Crippen LogP contribution is 2.37. The third kappa shape index (κ3) is 5.35. The van der Waals surface area contributed by atoms with Gasteiger partial charge in [0.25, 0.3) is 0 Å². The maximum atomic E-state index is 14.6. The third-order valence-electron chi connectivity index (χ3n) is 5.53. The van der Waals surface area contributed by atoms with E-state index in [1.807, 2.05) is 6.07 Å². The van der Waals surface area contributed by atoms with E-state index in [9.17, 15) is 14.0 Å². The predicted molar refractivity (Wildman–Crippen MR) is 110 cm³/mol. The lowest BCUT2D eigenvalue weighted by Crippen LogP contribution is -2.45. The molecule has 29 heavy (non-hydrogen) atoms. The van der Waals surface area contributed by atoms with Crippen molar-refractivity contribution in [3.63, 3.8) is 0 Å². The second-order valence-corrected chi connectivity index (χ2v) is 8.88. The number of fused-ring (bicyclic) bond motifs is 1. The monoisotopic (exact) mass is 403 g/mol. The van der Waals surface area contributed by atoms with Crippen LogP contribution in [0, 0.1) is 11.7 Å². The maximum Gasteiger partial charge on any atom is 0.412 e. The molecule has 0 spiro atoms. The first-order valence-corrected chi connectivity index (χ1v) is 10.1. The summed E-state index contributed by atoms with van der Waals surface area (Å²) in [6, 6.07) is 5.30. The number of piperidine rings is 1. The molecule has 0 aromatic heterocycles. The van der Waals surface area contributed by atoms with Crippen LogP contribution in [0.5, 0.6) is 0 Å². The summed E-state index contributed by atoms with van der Waals surface area (Å²) in [4.78, 5) is 24.5. The van der Waals surface area contributed by atoms with E-state index in [0.29, 0.717) is 12.0 Å². The molecule has 3 unspecified atom stereocenters. The smallest absolute Gasteiger partial charge is 0.412 e. The number of allylic oxidation sites excluding steroid dienone is 1. The van der Waals surface area contributed by atoms with Crippen molar-refractivity contribution in [3.05, 3.63) is 41.4 Å². The number of nitrogens with zero attached hydrogens (tertiary/aromatic N) is 1. The molecule has 3 atom stereocenters. The highest BCUT2D eigenvalue weighted by Gasteiger charge is 2.33. The van der Waals surface area contributed by atoms with E-state index in [-0.39, 0.29) is 11.7 Å². The largest absolute Gasteiger partial charge is 0.444 e. The molecule has 1 saturated heterocycles. The van der Waals surface area contributed by atoms with Gasteiger partial charge in [0.2, 0.25) is 6.41 Å². The summed E-state index contributed by atoms with van der Waals surface area (Å²) in [5.41, 5.74) is 1.41. The maximum absolute atomic E-state index is 14.6. The first-order chi connectivity index (χ1) is 13.7. The Balaban J connectivity index is 1.64. The van der Waals surface area contributed by atoms with Gasteiger partial charge in [-0.05, 0) is 70.1 Å². The lowest BCUT2D eigenvalue weighted by Gasteiger charge is -2.41. The van der Waals surface area contributed by atoms with Crippen LogP contribution in [0.15, 0.2) is 30.0 Å². The van der Waals surface area contributed by atoms with Crippen LogP contribution in [0.25, 0.3) is 0 Å². The number of ether oxygens (including phenoxy) is 1. The molecule has 2 N–H and O–H groups in total. The van der Waals surface area contributed by atoms with Crippen molar-refractivity contribution >= 4 is 18.2 Å². The summed E-state index contributed by atoms with van der Waals surface area (Å²) in [7, 11) is 1.79. The average molecular weight is 403 g/mol. The minimum Gasteiger partial charge on any atom is -0.444 e. The van der Waals surface area contributed by atoms with Crippen LogP contribution in [0.4, 0.5) is 14.9 Å². The first kappa shape index (κ1) is 21.3. The van der Waals surface area contributed by atoms with Gasteiger partial charge in [0.15, 0.2) is 0 Å². The Bertz CT molecular complexity index is 803. The number of anilines is 1. The molecule has 0 bridgehead atoms. The van der Waals surface area contributed by atoms with Gasteiger partial charge in [0.05, 0.1) is 5.69 Å². The van der Waals surface area contributed by atoms with Gasteiger partial charge in [-0.1, -0.05) is 12.1 Å². The van der Waals surface area contributed by atoms with Crippen LogP contribution in [-0.2, 0) is 9.53 Å². The predicted octanol–water partition coefficient (Wildman–Crippen LogP) is 4.35. The van der Waals surface area contributed by atoms with Crippen LogP contribution < -0.4 is 10.6 Å². The number of halogens is 1. The lowest BCUT2D eigenvalue weighted by molar-refractivity contribution is -0.115. The number of hydrogen-bond acceptors (Lipinski definition) is 4. The van der Waals surface area contributed by atoms with Crippen molar-refractivity contribution in [2.45, 2.75) is 64.1 Å². The topological polar surface area (TPSA) is 70.7 Å². The molecule has 0 radical (unpaired) electrons. The molecule has 1 heterocycles. The van der Waals surface area contributed by atoms with E-state index in [4.69, 9.17) is 4.74 Å². The fourth-order valence-electron chi connectivity index (χ4n) is 4.06. The molecule has 3 rings (SSSR count). The van der Waals surface area contributed by atoms with Crippen molar-refractivity contribution in [1.82, 2.24) is 10.2 Å². The SMILES string of the molecule is CN(C=O)C1=CCC2NC(c3ccc(NC(=O)OC(C)(C)C)c(F)c3)CCC2C1. The van der Waals surface area contributed by atoms with E-state index >= 15 is 0 Å². The molecule has 1 fully saturated rings. The molecule has 1 aliphatic carbocycles. The van der Waals surface area contributed by atoms with Crippen molar-refractivity contribution < 1.29 is 18.7 Å². The summed E-state index contributed by atoms with van der Waals surface area (Å²) >= 11 is 0. The number of benzene rings is 1. The molecule has 0 saturated carbocycles. The number of hydrogen-bond donors (Lipinski definition) is 2. The normalized spacial score (nSPS) is 24.2. The molecule has 1 aromatic carbocycles. The van der Waals surface area contributed by atoms with E-state index in [0.717, 1.165) is 43.4 Å². The van der Waals surface area contributed by atoms with Crippen molar-refractivity contribution in [2.24, 2.45) is 5.92 Å². The van der Waals surface area contributed by atoms with Gasteiger partial charge in [-0.2, -0.15) is 0 Å². The van der Waals surface area contributed by atoms with Gasteiger partial charge in [0.1, 0.15) is 11.4 Å². The summed E-state index contributed by atoms with van der Waals surface area (Å²) in [6.07, 6.45) is 5.94. The van der Waals surface area contributed by atoms with Crippen LogP contribution in [0.1, 0.15) is 58.1 Å². The number of rotatable bonds is 4. The molecule has 6 nitrogen and oxygen atoms in total. The molecule has 1 aromatic rings. The van der Waals surface area contributed by atoms with Crippen LogP contribution in [0.3, 0.4) is 0 Å². The lowest BCUT2D eigenvalue weighted by atomic mass is 9.78. The van der Waals surface area contributed by atoms with Crippen LogP contribution >= 0.6 is 0 Å². The van der Waals surface area contributed by atoms with E-state index < -0.39 is 17.5 Å². The van der Waals surface area contributed by atoms with Gasteiger partial charge in [-0.25, -0.2) is 9.18 Å². The summed E-state index contributed by atoms with van der Waals surface area (Å²) < 4.78 is 19.7. The second kappa shape index (κ2) is 8.53. The van der Waals surface area contributed by atoms with Crippen molar-refractivity contribution in [3.8, 4) is 0 Å². The zero-order chi connectivity index (χ0) is 21.2. The number of amides is 2. The second-order valence-electron chi connectivity index (χ2n) is 8.88. The summed E-state index contributed by atoms with van der Waals surface area (Å²) in [5, 5.41) is 6.10. The summed E-state index contributed by atoms with van der Waals surface area (Å²) in [5.74, 6) is 0.00215. The quantitative estimate of drug-likeness (QED) is 0.734. The van der Waals surface area contributed by atoms with Crippen LogP contribution in [0.2, 0.25) is 0 Å². The Morgan fingerprint density at radius 2 is 2.10 bits per heavy atom. The summed E-state index contributed by atoms with van der Waals surface area (Å²) in [6.45, 7) is 5.28. The van der Waals surface area contributed by atoms with Gasteiger partial charge < -0.3 is 15.0 Å². The number of carbonyl (C=O) groups excluding carboxylic acids is 2. The molecule has 7 heteroatoms. The van der Waals surface area contributed by atoms with E-state index in [1.54, 1.807) is 38.8 Å². The Labute approximate surface area is 171 Å². The van der Waals surface area contributed by atoms with Gasteiger partial charge in [-0.3, -0.25) is 10.1 Å². The van der Waals surface area contributed by atoms with Crippen molar-refractivity contribution in [2.75, 3.05) is 12.4 Å². The van der Waals surface area contributed by atoms with E-state index in [2.05, 4.69) is 16.7 Å². The molecule has 2 aliphatic rings. The molecule has 158 valence electrons. The first-order valence-electron chi connectivity index (χ1n) is 10.1. The Hall–Kier alpha value is -2.41. The Morgan fingerprint density at radius 1 is 1.34 bits per heavy atom. The standard InChI is InChI=1S/C22H30FN3O3/c1-22(2,3)29-21(28)25-20-9-6-15(12-17(20)23)18-8-5-14-11-16(26(4)13-27)7-10-19(14)24-18/h6-7,9,12-14,18-19,24H,5,8,10-11H2,1-4H3,(H,25,28). The Morgan fingerprint density at radius 3 is 2.76 bits per heavy atom. The van der Waals surface area contributed by atoms with Gasteiger partial charge in [0, 0.05) is 24.8 Å². The molecular weight excluding hydrogens is 373 g/mol. The number of carbonyl (C=O) groups is 2. The minimum atomic E-state index is -0.673. The van der Waals surface area contributed by atoms with Crippen LogP contribution in [-0.4, -0.2) is 36.1 Å². The van der Waals surface area contributed by atoms with Crippen molar-refractivity contribution in [1.29, 1.82) is 0 Å². The average Bonchev–Trinajstić information content (AvgIpc) is 2.66. The number of nitrogens with one attached hydrogen (secondary N) is 2. The zero-order valence-electron chi connectivity index (χ0n) is 17.5. The third-order valence-corrected chi connectivity index (χ3v) is 5.53. The molecule has 1 aliphatic heterocycles. The molecular formula is C22H30FN3O3. The molecule has 2 amide bonds. The van der Waals surface area contributed by atoms with E-state index in [1.165, 1.54) is 6.07 Å². The van der Waals surface area contributed by atoms with Gasteiger partial charge >= 0.3 is 6.09 Å². The minimum absolute atomic E-state index is 0.0695. The fraction of sp³-hybridized carbons (Fsp3) is 0.545.